The minimum absolute atomic E-state index is 0.0148. The standard InChI is InChI=1S/C25H25N3O/c1-17-15-25(2,3)28(4)23-13-12-18(14-22(17)23)16-26-27-24(29)21-11-7-9-19-8-5-6-10-20(19)21/h5-16H,1-4H3,(H,27,29)/b26-16+. The highest BCUT2D eigenvalue weighted by atomic mass is 16.2. The third kappa shape index (κ3) is 3.54. The third-order valence-electron chi connectivity index (χ3n) is 5.65. The summed E-state index contributed by atoms with van der Waals surface area (Å²) in [5, 5.41) is 6.14. The van der Waals surface area contributed by atoms with E-state index < -0.39 is 0 Å². The maximum Gasteiger partial charge on any atom is 0.271 e. The van der Waals surface area contributed by atoms with Crippen molar-refractivity contribution in [2.75, 3.05) is 11.9 Å². The van der Waals surface area contributed by atoms with E-state index >= 15 is 0 Å². The number of carbonyl (C=O) groups is 1. The van der Waals surface area contributed by atoms with Crippen LogP contribution in [0.25, 0.3) is 16.3 Å². The molecule has 4 nitrogen and oxygen atoms in total. The molecule has 1 N–H and O–H groups in total. The van der Waals surface area contributed by atoms with Gasteiger partial charge in [0.05, 0.1) is 11.8 Å². The van der Waals surface area contributed by atoms with E-state index in [1.807, 2.05) is 48.5 Å². The van der Waals surface area contributed by atoms with E-state index in [9.17, 15) is 4.79 Å². The zero-order chi connectivity index (χ0) is 20.6. The molecule has 0 spiro atoms. The van der Waals surface area contributed by atoms with Crippen LogP contribution in [0.15, 0.2) is 71.8 Å². The average molecular weight is 383 g/mol. The summed E-state index contributed by atoms with van der Waals surface area (Å²) in [7, 11) is 2.11. The molecule has 29 heavy (non-hydrogen) atoms. The van der Waals surface area contributed by atoms with Gasteiger partial charge in [-0.25, -0.2) is 5.43 Å². The smallest absolute Gasteiger partial charge is 0.271 e. The van der Waals surface area contributed by atoms with Crippen LogP contribution in [0.3, 0.4) is 0 Å². The summed E-state index contributed by atoms with van der Waals surface area (Å²) >= 11 is 0. The number of nitrogens with one attached hydrogen (secondary N) is 1. The second-order valence-electron chi connectivity index (χ2n) is 8.04. The van der Waals surface area contributed by atoms with Crippen molar-refractivity contribution in [3.05, 3.63) is 83.4 Å². The number of amides is 1. The molecule has 0 fully saturated rings. The fraction of sp³-hybridized carbons (Fsp3) is 0.200. The molecule has 3 aromatic carbocycles. The van der Waals surface area contributed by atoms with E-state index in [-0.39, 0.29) is 11.4 Å². The molecule has 4 heteroatoms. The highest BCUT2D eigenvalue weighted by Gasteiger charge is 2.28. The van der Waals surface area contributed by atoms with Crippen molar-refractivity contribution in [3.63, 3.8) is 0 Å². The molecular weight excluding hydrogens is 358 g/mol. The van der Waals surface area contributed by atoms with Crippen LogP contribution in [0.1, 0.15) is 42.3 Å². The summed E-state index contributed by atoms with van der Waals surface area (Å²) in [6.45, 7) is 6.55. The SMILES string of the molecule is CC1=CC(C)(C)N(C)c2ccc(/C=N/NC(=O)c3cccc4ccccc34)cc21. The van der Waals surface area contributed by atoms with Gasteiger partial charge in [-0.1, -0.05) is 48.5 Å². The number of nitrogens with zero attached hydrogens (tertiary/aromatic N) is 2. The molecule has 3 aromatic rings. The zero-order valence-electron chi connectivity index (χ0n) is 17.2. The number of rotatable bonds is 3. The topological polar surface area (TPSA) is 44.7 Å². The maximum atomic E-state index is 12.6. The Hall–Kier alpha value is -3.40. The highest BCUT2D eigenvalue weighted by molar-refractivity contribution is 6.07. The van der Waals surface area contributed by atoms with Crippen LogP contribution in [0.2, 0.25) is 0 Å². The van der Waals surface area contributed by atoms with E-state index in [1.54, 1.807) is 6.21 Å². The van der Waals surface area contributed by atoms with E-state index in [2.05, 4.69) is 61.5 Å². The molecule has 1 aliphatic heterocycles. The first-order chi connectivity index (χ1) is 13.9. The third-order valence-corrected chi connectivity index (χ3v) is 5.65. The van der Waals surface area contributed by atoms with Crippen molar-refractivity contribution in [3.8, 4) is 0 Å². The van der Waals surface area contributed by atoms with E-state index in [0.717, 1.165) is 16.3 Å². The molecule has 4 rings (SSSR count). The quantitative estimate of drug-likeness (QED) is 0.497. The first-order valence-corrected chi connectivity index (χ1v) is 9.76. The molecule has 0 saturated carbocycles. The normalized spacial score (nSPS) is 15.3. The Labute approximate surface area is 171 Å². The molecule has 0 saturated heterocycles. The number of allylic oxidation sites excluding steroid dienone is 1. The van der Waals surface area contributed by atoms with Gasteiger partial charge in [-0.15, -0.1) is 0 Å². The van der Waals surface area contributed by atoms with Crippen molar-refractivity contribution in [2.24, 2.45) is 5.10 Å². The molecule has 146 valence electrons. The van der Waals surface area contributed by atoms with Crippen molar-refractivity contribution in [1.82, 2.24) is 5.43 Å². The zero-order valence-corrected chi connectivity index (χ0v) is 17.2. The molecule has 0 atom stereocenters. The minimum atomic E-state index is -0.214. The number of anilines is 1. The molecule has 0 unspecified atom stereocenters. The fourth-order valence-corrected chi connectivity index (χ4v) is 3.91. The van der Waals surface area contributed by atoms with Crippen molar-refractivity contribution >= 4 is 34.2 Å². The lowest BCUT2D eigenvalue weighted by atomic mass is 9.89. The molecule has 0 aliphatic carbocycles. The van der Waals surface area contributed by atoms with Gasteiger partial charge in [0.2, 0.25) is 0 Å². The van der Waals surface area contributed by atoms with Gasteiger partial charge in [0.1, 0.15) is 0 Å². The van der Waals surface area contributed by atoms with E-state index in [0.29, 0.717) is 5.56 Å². The van der Waals surface area contributed by atoms with Gasteiger partial charge in [-0.2, -0.15) is 5.10 Å². The van der Waals surface area contributed by atoms with Crippen molar-refractivity contribution in [1.29, 1.82) is 0 Å². The number of carbonyl (C=O) groups excluding carboxylic acids is 1. The lowest BCUT2D eigenvalue weighted by Crippen LogP contribution is -2.42. The number of hydrogen-bond acceptors (Lipinski definition) is 3. The average Bonchev–Trinajstić information content (AvgIpc) is 2.71. The van der Waals surface area contributed by atoms with Crippen LogP contribution < -0.4 is 10.3 Å². The second kappa shape index (κ2) is 7.21. The molecule has 1 aliphatic rings. The number of fused-ring (bicyclic) bond motifs is 2. The Morgan fingerprint density at radius 3 is 2.66 bits per heavy atom. The maximum absolute atomic E-state index is 12.6. The molecule has 0 radical (unpaired) electrons. The number of likely N-dealkylation sites (N-methyl/N-ethyl adjacent to an activating group) is 1. The van der Waals surface area contributed by atoms with E-state index in [1.165, 1.54) is 16.8 Å². The van der Waals surface area contributed by atoms with Crippen LogP contribution >= 0.6 is 0 Å². The molecular formula is C25H25N3O. The second-order valence-corrected chi connectivity index (χ2v) is 8.04. The minimum Gasteiger partial charge on any atom is -0.366 e. The monoisotopic (exact) mass is 383 g/mol. The summed E-state index contributed by atoms with van der Waals surface area (Å²) in [5.74, 6) is -0.214. The summed E-state index contributed by atoms with van der Waals surface area (Å²) in [5.41, 5.74) is 7.85. The Morgan fingerprint density at radius 1 is 1.07 bits per heavy atom. The lowest BCUT2D eigenvalue weighted by Gasteiger charge is -2.40. The predicted molar refractivity (Wildman–Crippen MR) is 122 cm³/mol. The van der Waals surface area contributed by atoms with Gasteiger partial charge in [0.15, 0.2) is 0 Å². The summed E-state index contributed by atoms with van der Waals surface area (Å²) in [6, 6.07) is 19.8. The van der Waals surface area contributed by atoms with Gasteiger partial charge < -0.3 is 4.90 Å². The Balaban J connectivity index is 1.55. The molecule has 1 amide bonds. The van der Waals surface area contributed by atoms with Gasteiger partial charge in [-0.3, -0.25) is 4.79 Å². The molecule has 0 aromatic heterocycles. The first kappa shape index (κ1) is 18.9. The Kier molecular flexibility index (Phi) is 4.71. The van der Waals surface area contributed by atoms with Gasteiger partial charge in [0.25, 0.3) is 5.91 Å². The highest BCUT2D eigenvalue weighted by Crippen LogP contribution is 2.37. The van der Waals surface area contributed by atoms with Gasteiger partial charge in [-0.05, 0) is 60.9 Å². The summed E-state index contributed by atoms with van der Waals surface area (Å²) < 4.78 is 0. The van der Waals surface area contributed by atoms with Crippen LogP contribution in [0.5, 0.6) is 0 Å². The van der Waals surface area contributed by atoms with Crippen LogP contribution in [-0.4, -0.2) is 24.7 Å². The fourth-order valence-electron chi connectivity index (χ4n) is 3.91. The van der Waals surface area contributed by atoms with Gasteiger partial charge >= 0.3 is 0 Å². The van der Waals surface area contributed by atoms with Crippen LogP contribution in [0, 0.1) is 0 Å². The number of benzene rings is 3. The molecule has 1 heterocycles. The lowest BCUT2D eigenvalue weighted by molar-refractivity contribution is 0.0957. The Morgan fingerprint density at radius 2 is 1.83 bits per heavy atom. The van der Waals surface area contributed by atoms with Crippen molar-refractivity contribution in [2.45, 2.75) is 26.3 Å². The van der Waals surface area contributed by atoms with Gasteiger partial charge in [0, 0.05) is 23.9 Å². The van der Waals surface area contributed by atoms with Crippen molar-refractivity contribution < 1.29 is 4.79 Å². The number of hydrazone groups is 1. The van der Waals surface area contributed by atoms with E-state index in [4.69, 9.17) is 0 Å². The van der Waals surface area contributed by atoms with Crippen LogP contribution in [-0.2, 0) is 0 Å². The predicted octanol–water partition coefficient (Wildman–Crippen LogP) is 5.24. The largest absolute Gasteiger partial charge is 0.366 e. The number of hydrogen-bond donors (Lipinski definition) is 1. The Bertz CT molecular complexity index is 1150. The van der Waals surface area contributed by atoms with Crippen LogP contribution in [0.4, 0.5) is 5.69 Å². The molecule has 0 bridgehead atoms. The summed E-state index contributed by atoms with van der Waals surface area (Å²) in [4.78, 5) is 14.9. The first-order valence-electron chi connectivity index (χ1n) is 9.76. The summed E-state index contributed by atoms with van der Waals surface area (Å²) in [6.07, 6.45) is 3.97.